The van der Waals surface area contributed by atoms with Crippen molar-refractivity contribution >= 4 is 43.4 Å². The fourth-order valence-corrected chi connectivity index (χ4v) is 11.9. The average molecular weight is 790 g/mol. The summed E-state index contributed by atoms with van der Waals surface area (Å²) in [7, 11) is -7.24. The highest BCUT2D eigenvalue weighted by Crippen LogP contribution is 2.66. The Morgan fingerprint density at radius 1 is 0.483 bits per heavy atom. The van der Waals surface area contributed by atoms with Crippen LogP contribution in [-0.4, -0.2) is 0 Å². The van der Waals surface area contributed by atoms with Crippen LogP contribution < -0.4 is 14.1 Å². The third kappa shape index (κ3) is 6.95. The zero-order chi connectivity index (χ0) is 39.7. The van der Waals surface area contributed by atoms with Gasteiger partial charge in [-0.05, 0) is 105 Å². The molecule has 9 rings (SSSR count). The SMILES string of the molecule is N#Cc1ccc(C2=Cc3cccc(-c4ccc(-c5cccc6c5NP(=O)(Oc5ccccc5)C(c5ccc(C#N)cc5)=C6)cc4)c3CP2(=O)Oc2ccccc2)cc1. The van der Waals surface area contributed by atoms with Crippen LogP contribution in [0.3, 0.4) is 0 Å². The molecule has 9 heteroatoms. The van der Waals surface area contributed by atoms with E-state index in [0.717, 1.165) is 44.5 Å². The number of rotatable bonds is 8. The van der Waals surface area contributed by atoms with Crippen LogP contribution in [0.25, 0.3) is 45.0 Å². The molecule has 0 bridgehead atoms. The topological polar surface area (TPSA) is 112 Å². The Morgan fingerprint density at radius 3 is 1.55 bits per heavy atom. The van der Waals surface area contributed by atoms with Crippen molar-refractivity contribution in [2.45, 2.75) is 6.16 Å². The predicted molar refractivity (Wildman–Crippen MR) is 232 cm³/mol. The fraction of sp³-hybridized carbons (Fsp3) is 0.0204. The molecule has 278 valence electrons. The number of hydrogen-bond donors (Lipinski definition) is 1. The van der Waals surface area contributed by atoms with Crippen molar-refractivity contribution in [1.82, 2.24) is 0 Å². The maximum absolute atomic E-state index is 15.1. The van der Waals surface area contributed by atoms with E-state index in [1.54, 1.807) is 48.5 Å². The van der Waals surface area contributed by atoms with Crippen LogP contribution in [0.1, 0.15) is 38.9 Å². The van der Waals surface area contributed by atoms with Crippen LogP contribution in [0.5, 0.6) is 11.5 Å². The second kappa shape index (κ2) is 15.1. The highest BCUT2D eigenvalue weighted by molar-refractivity contribution is 7.72. The van der Waals surface area contributed by atoms with Crippen molar-refractivity contribution in [2.24, 2.45) is 0 Å². The standard InChI is InChI=1S/C49H33N3O4P2/c50-31-34-17-21-38(22-18-34)47-29-40-9-7-15-44(46(40)33-57(47,53)55-42-11-3-1-4-12-42)36-25-27-37(28-26-36)45-16-8-10-41-30-48(39-23-19-35(32-51)20-24-39)58(54,52-49(41)45)56-43-13-5-2-6-14-43/h1-30H,33H2,(H,52,54). The summed E-state index contributed by atoms with van der Waals surface area (Å²) in [4.78, 5) is 0. The molecule has 0 spiro atoms. The smallest absolute Gasteiger partial charge is 0.372 e. The first-order chi connectivity index (χ1) is 28.3. The van der Waals surface area contributed by atoms with Gasteiger partial charge in [0, 0.05) is 5.56 Å². The number of anilines is 1. The normalized spacial score (nSPS) is 17.8. The molecule has 58 heavy (non-hydrogen) atoms. The molecular weight excluding hydrogens is 757 g/mol. The first-order valence-corrected chi connectivity index (χ1v) is 22.0. The predicted octanol–water partition coefficient (Wildman–Crippen LogP) is 13.3. The first-order valence-electron chi connectivity index (χ1n) is 18.6. The first kappa shape index (κ1) is 36.5. The molecule has 0 radical (unpaired) electrons. The lowest BCUT2D eigenvalue weighted by Gasteiger charge is -2.30. The molecule has 2 unspecified atom stereocenters. The van der Waals surface area contributed by atoms with Crippen molar-refractivity contribution in [3.8, 4) is 45.9 Å². The number of nitrogens with one attached hydrogen (secondary N) is 1. The van der Waals surface area contributed by atoms with E-state index in [2.05, 4.69) is 17.2 Å². The van der Waals surface area contributed by atoms with Gasteiger partial charge >= 0.3 is 7.52 Å². The maximum Gasteiger partial charge on any atom is 0.372 e. The van der Waals surface area contributed by atoms with Gasteiger partial charge in [-0.15, -0.1) is 0 Å². The summed E-state index contributed by atoms with van der Waals surface area (Å²) in [5.41, 5.74) is 9.51. The van der Waals surface area contributed by atoms with Crippen molar-refractivity contribution in [2.75, 3.05) is 5.09 Å². The number of fused-ring (bicyclic) bond motifs is 2. The lowest BCUT2D eigenvalue weighted by molar-refractivity contribution is 0.491. The molecule has 0 saturated heterocycles. The van der Waals surface area contributed by atoms with E-state index >= 15 is 9.13 Å². The van der Waals surface area contributed by atoms with Gasteiger partial charge in [-0.25, -0.2) is 4.57 Å². The van der Waals surface area contributed by atoms with Crippen molar-refractivity contribution in [3.05, 3.63) is 209 Å². The summed E-state index contributed by atoms with van der Waals surface area (Å²) in [6.07, 6.45) is 4.04. The summed E-state index contributed by atoms with van der Waals surface area (Å²) in [6.45, 7) is 0. The third-order valence-corrected chi connectivity index (χ3v) is 14.7. The summed E-state index contributed by atoms with van der Waals surface area (Å²) in [6, 6.07) is 56.9. The molecule has 0 saturated carbocycles. The van der Waals surface area contributed by atoms with E-state index in [0.29, 0.717) is 44.5 Å². The quantitative estimate of drug-likeness (QED) is 0.153. The molecule has 1 N–H and O–H groups in total. The fourth-order valence-electron chi connectivity index (χ4n) is 7.45. The number of hydrogen-bond acceptors (Lipinski definition) is 6. The van der Waals surface area contributed by atoms with Gasteiger partial charge in [-0.1, -0.05) is 121 Å². The second-order valence-corrected chi connectivity index (χ2v) is 18.3. The zero-order valence-electron chi connectivity index (χ0n) is 30.9. The second-order valence-electron chi connectivity index (χ2n) is 14.0. The largest absolute Gasteiger partial charge is 0.440 e. The van der Waals surface area contributed by atoms with E-state index in [1.807, 2.05) is 133 Å². The molecule has 7 aromatic carbocycles. The van der Waals surface area contributed by atoms with E-state index in [4.69, 9.17) is 9.05 Å². The molecule has 2 atom stereocenters. The lowest BCUT2D eigenvalue weighted by atomic mass is 9.93. The molecule has 0 fully saturated rings. The number of benzene rings is 7. The zero-order valence-corrected chi connectivity index (χ0v) is 32.7. The van der Waals surface area contributed by atoms with Gasteiger partial charge in [0.15, 0.2) is 0 Å². The number of para-hydroxylation sites is 3. The highest BCUT2D eigenvalue weighted by Gasteiger charge is 2.38. The summed E-state index contributed by atoms with van der Waals surface area (Å²) < 4.78 is 42.8. The van der Waals surface area contributed by atoms with Gasteiger partial charge in [-0.2, -0.15) is 10.5 Å². The molecule has 0 aromatic heterocycles. The highest BCUT2D eigenvalue weighted by atomic mass is 31.2. The lowest BCUT2D eigenvalue weighted by Crippen LogP contribution is -2.11. The Balaban J connectivity index is 1.09. The van der Waals surface area contributed by atoms with E-state index in [-0.39, 0.29) is 6.16 Å². The summed E-state index contributed by atoms with van der Waals surface area (Å²) >= 11 is 0. The van der Waals surface area contributed by atoms with E-state index in [9.17, 15) is 10.5 Å². The number of nitrogens with zero attached hydrogens (tertiary/aromatic N) is 2. The van der Waals surface area contributed by atoms with Crippen LogP contribution in [0.2, 0.25) is 0 Å². The Labute approximate surface area is 336 Å². The van der Waals surface area contributed by atoms with Crippen LogP contribution in [0.4, 0.5) is 5.69 Å². The van der Waals surface area contributed by atoms with Crippen LogP contribution >= 0.6 is 14.9 Å². The van der Waals surface area contributed by atoms with Gasteiger partial charge in [0.05, 0.1) is 45.7 Å². The molecule has 7 aromatic rings. The Morgan fingerprint density at radius 2 is 0.966 bits per heavy atom. The van der Waals surface area contributed by atoms with Crippen molar-refractivity contribution in [1.29, 1.82) is 10.5 Å². The Kier molecular flexibility index (Phi) is 9.49. The van der Waals surface area contributed by atoms with Gasteiger partial charge in [0.1, 0.15) is 11.5 Å². The molecular formula is C49H33N3O4P2. The molecule has 7 nitrogen and oxygen atoms in total. The van der Waals surface area contributed by atoms with Gasteiger partial charge in [0.2, 0.25) is 0 Å². The minimum absolute atomic E-state index is 0.182. The molecule has 2 heterocycles. The van der Waals surface area contributed by atoms with Gasteiger partial charge in [-0.3, -0.25) is 4.57 Å². The van der Waals surface area contributed by atoms with E-state index in [1.165, 1.54) is 0 Å². The van der Waals surface area contributed by atoms with Crippen LogP contribution in [0.15, 0.2) is 170 Å². The van der Waals surface area contributed by atoms with Crippen molar-refractivity contribution in [3.63, 3.8) is 0 Å². The molecule has 2 aliphatic heterocycles. The summed E-state index contributed by atoms with van der Waals surface area (Å²) in [5.74, 6) is 0.986. The minimum Gasteiger partial charge on any atom is -0.440 e. The monoisotopic (exact) mass is 789 g/mol. The average Bonchev–Trinajstić information content (AvgIpc) is 3.26. The van der Waals surface area contributed by atoms with E-state index < -0.39 is 14.9 Å². The molecule has 0 amide bonds. The third-order valence-electron chi connectivity index (χ3n) is 10.3. The van der Waals surface area contributed by atoms with Crippen LogP contribution in [0, 0.1) is 22.7 Å². The number of nitriles is 2. The molecule has 0 aliphatic carbocycles. The van der Waals surface area contributed by atoms with Gasteiger partial charge < -0.3 is 14.1 Å². The van der Waals surface area contributed by atoms with Crippen molar-refractivity contribution < 1.29 is 18.2 Å². The maximum atomic E-state index is 15.1. The van der Waals surface area contributed by atoms with Gasteiger partial charge in [0.25, 0.3) is 7.37 Å². The Hall–Kier alpha value is -7.14. The molecule has 2 aliphatic rings. The summed E-state index contributed by atoms with van der Waals surface area (Å²) in [5, 5.41) is 23.2. The van der Waals surface area contributed by atoms with Crippen LogP contribution in [-0.2, 0) is 15.3 Å². The Bertz CT molecular complexity index is 2750. The minimum atomic E-state index is -3.74.